The van der Waals surface area contributed by atoms with Gasteiger partial charge in [0.15, 0.2) is 0 Å². The van der Waals surface area contributed by atoms with Crippen molar-refractivity contribution in [3.63, 3.8) is 0 Å². The third kappa shape index (κ3) is 3.45. The Morgan fingerprint density at radius 3 is 1.96 bits per heavy atom. The fraction of sp³-hybridized carbons (Fsp3) is 0.350. The van der Waals surface area contributed by atoms with Gasteiger partial charge in [-0.2, -0.15) is 0 Å². The van der Waals surface area contributed by atoms with Gasteiger partial charge >= 0.3 is 0 Å². The largest absolute Gasteiger partial charge is 0.339 e. The van der Waals surface area contributed by atoms with Gasteiger partial charge in [0.05, 0.1) is 5.92 Å². The van der Waals surface area contributed by atoms with E-state index in [1.165, 1.54) is 0 Å². The molecule has 1 fully saturated rings. The lowest BCUT2D eigenvalue weighted by Gasteiger charge is -2.39. The van der Waals surface area contributed by atoms with Crippen molar-refractivity contribution in [2.45, 2.75) is 18.9 Å². The van der Waals surface area contributed by atoms with Crippen LogP contribution in [0.2, 0.25) is 0 Å². The highest BCUT2D eigenvalue weighted by Crippen LogP contribution is 2.27. The zero-order valence-corrected chi connectivity index (χ0v) is 13.9. The van der Waals surface area contributed by atoms with Crippen LogP contribution in [0.5, 0.6) is 0 Å². The van der Waals surface area contributed by atoms with Crippen LogP contribution in [0.25, 0.3) is 0 Å². The number of amides is 1. The topological polar surface area (TPSA) is 23.6 Å². The fourth-order valence-electron chi connectivity index (χ4n) is 3.20. The van der Waals surface area contributed by atoms with Crippen LogP contribution in [0.4, 0.5) is 0 Å². The summed E-state index contributed by atoms with van der Waals surface area (Å²) in [5, 5.41) is 0. The molecule has 2 aromatic rings. The summed E-state index contributed by atoms with van der Waals surface area (Å²) in [5.41, 5.74) is 2.13. The van der Waals surface area contributed by atoms with Crippen molar-refractivity contribution in [2.24, 2.45) is 0 Å². The van der Waals surface area contributed by atoms with E-state index >= 15 is 0 Å². The third-order valence-corrected chi connectivity index (χ3v) is 4.78. The van der Waals surface area contributed by atoms with E-state index in [2.05, 4.69) is 43.1 Å². The maximum absolute atomic E-state index is 13.3. The Bertz CT molecular complexity index is 602. The maximum Gasteiger partial charge on any atom is 0.234 e. The normalized spacial score (nSPS) is 19.1. The molecule has 1 atom stereocenters. The summed E-state index contributed by atoms with van der Waals surface area (Å²) in [4.78, 5) is 17.6. The highest BCUT2D eigenvalue weighted by Gasteiger charge is 2.31. The van der Waals surface area contributed by atoms with Crippen LogP contribution in [0.3, 0.4) is 0 Å². The highest BCUT2D eigenvalue weighted by atomic mass is 16.2. The molecule has 1 heterocycles. The Morgan fingerprint density at radius 2 is 1.48 bits per heavy atom. The van der Waals surface area contributed by atoms with Gasteiger partial charge in [0.1, 0.15) is 0 Å². The summed E-state index contributed by atoms with van der Waals surface area (Å²) in [7, 11) is 2.12. The number of carbonyl (C=O) groups is 1. The first-order valence-electron chi connectivity index (χ1n) is 8.25. The quantitative estimate of drug-likeness (QED) is 0.870. The zero-order valence-electron chi connectivity index (χ0n) is 13.9. The van der Waals surface area contributed by atoms with Crippen molar-refractivity contribution in [1.82, 2.24) is 9.80 Å². The van der Waals surface area contributed by atoms with Crippen LogP contribution < -0.4 is 0 Å². The number of piperazine rings is 1. The molecular formula is C20H24N2O. The average Bonchev–Trinajstić information content (AvgIpc) is 2.59. The summed E-state index contributed by atoms with van der Waals surface area (Å²) in [6.07, 6.45) is 0. The van der Waals surface area contributed by atoms with E-state index in [0.29, 0.717) is 6.04 Å². The average molecular weight is 308 g/mol. The molecule has 23 heavy (non-hydrogen) atoms. The summed E-state index contributed by atoms with van der Waals surface area (Å²) < 4.78 is 0. The smallest absolute Gasteiger partial charge is 0.234 e. The van der Waals surface area contributed by atoms with Gasteiger partial charge in [-0.25, -0.2) is 0 Å². The van der Waals surface area contributed by atoms with Gasteiger partial charge < -0.3 is 9.80 Å². The van der Waals surface area contributed by atoms with E-state index in [1.54, 1.807) is 0 Å². The molecule has 0 aromatic heterocycles. The minimum Gasteiger partial charge on any atom is -0.339 e. The van der Waals surface area contributed by atoms with Gasteiger partial charge in [0.2, 0.25) is 5.91 Å². The molecule has 2 aromatic carbocycles. The molecule has 3 rings (SSSR count). The van der Waals surface area contributed by atoms with Crippen molar-refractivity contribution >= 4 is 5.91 Å². The monoisotopic (exact) mass is 308 g/mol. The van der Waals surface area contributed by atoms with Crippen molar-refractivity contribution in [2.75, 3.05) is 26.7 Å². The van der Waals surface area contributed by atoms with Crippen LogP contribution in [0.1, 0.15) is 24.0 Å². The van der Waals surface area contributed by atoms with Crippen LogP contribution in [0.15, 0.2) is 60.7 Å². The second-order valence-corrected chi connectivity index (χ2v) is 6.37. The second-order valence-electron chi connectivity index (χ2n) is 6.37. The molecule has 0 aliphatic carbocycles. The Labute approximate surface area is 138 Å². The molecule has 3 nitrogen and oxygen atoms in total. The molecule has 0 N–H and O–H groups in total. The van der Waals surface area contributed by atoms with Gasteiger partial charge in [0.25, 0.3) is 0 Å². The van der Waals surface area contributed by atoms with Crippen LogP contribution in [0, 0.1) is 0 Å². The molecule has 0 saturated carbocycles. The van der Waals surface area contributed by atoms with Crippen molar-refractivity contribution in [3.8, 4) is 0 Å². The predicted octanol–water partition coefficient (Wildman–Crippen LogP) is 2.98. The minimum atomic E-state index is -0.215. The number of benzene rings is 2. The molecular weight excluding hydrogens is 284 g/mol. The number of hydrogen-bond donors (Lipinski definition) is 0. The van der Waals surface area contributed by atoms with Crippen molar-refractivity contribution in [3.05, 3.63) is 71.8 Å². The van der Waals surface area contributed by atoms with E-state index in [-0.39, 0.29) is 11.8 Å². The lowest BCUT2D eigenvalue weighted by Crippen LogP contribution is -2.53. The number of rotatable bonds is 3. The third-order valence-electron chi connectivity index (χ3n) is 4.78. The Hall–Kier alpha value is -2.13. The molecule has 1 unspecified atom stereocenters. The van der Waals surface area contributed by atoms with Crippen LogP contribution in [-0.4, -0.2) is 48.4 Å². The molecule has 0 radical (unpaired) electrons. The zero-order chi connectivity index (χ0) is 16.2. The highest BCUT2D eigenvalue weighted by molar-refractivity contribution is 5.87. The molecule has 120 valence electrons. The summed E-state index contributed by atoms with van der Waals surface area (Å²) in [5.74, 6) is -0.00430. The Balaban J connectivity index is 1.91. The van der Waals surface area contributed by atoms with E-state index in [9.17, 15) is 4.79 Å². The molecule has 0 spiro atoms. The first-order valence-corrected chi connectivity index (χ1v) is 8.25. The standard InChI is InChI=1S/C20H24N2O/c1-16-15-22(14-13-21(16)2)20(23)19(17-9-5-3-6-10-17)18-11-7-4-8-12-18/h3-12,16,19H,13-15H2,1-2H3. The molecule has 3 heteroatoms. The minimum absolute atomic E-state index is 0.211. The lowest BCUT2D eigenvalue weighted by atomic mass is 9.89. The first-order chi connectivity index (χ1) is 11.2. The Kier molecular flexibility index (Phi) is 4.77. The van der Waals surface area contributed by atoms with Gasteiger partial charge in [-0.05, 0) is 25.1 Å². The van der Waals surface area contributed by atoms with Crippen molar-refractivity contribution in [1.29, 1.82) is 0 Å². The lowest BCUT2D eigenvalue weighted by molar-refractivity contribution is -0.134. The van der Waals surface area contributed by atoms with Crippen LogP contribution >= 0.6 is 0 Å². The molecule has 0 bridgehead atoms. The molecule has 1 aliphatic rings. The fourth-order valence-corrected chi connectivity index (χ4v) is 3.20. The number of hydrogen-bond acceptors (Lipinski definition) is 2. The summed E-state index contributed by atoms with van der Waals surface area (Å²) in [6.45, 7) is 4.71. The number of likely N-dealkylation sites (N-methyl/N-ethyl adjacent to an activating group) is 1. The summed E-state index contributed by atoms with van der Waals surface area (Å²) >= 11 is 0. The predicted molar refractivity (Wildman–Crippen MR) is 93.4 cm³/mol. The van der Waals surface area contributed by atoms with Gasteiger partial charge in [-0.1, -0.05) is 60.7 Å². The SMILES string of the molecule is CC1CN(C(=O)C(c2ccccc2)c2ccccc2)CCN1C. The molecule has 1 amide bonds. The van der Waals surface area contributed by atoms with Crippen LogP contribution in [-0.2, 0) is 4.79 Å². The van der Waals surface area contributed by atoms with Gasteiger partial charge in [-0.3, -0.25) is 4.79 Å². The second kappa shape index (κ2) is 6.97. The van der Waals surface area contributed by atoms with Gasteiger partial charge in [0, 0.05) is 25.7 Å². The van der Waals surface area contributed by atoms with E-state index < -0.39 is 0 Å². The molecule has 1 saturated heterocycles. The van der Waals surface area contributed by atoms with E-state index in [0.717, 1.165) is 30.8 Å². The summed E-state index contributed by atoms with van der Waals surface area (Å²) in [6, 6.07) is 20.6. The number of nitrogens with zero attached hydrogens (tertiary/aromatic N) is 2. The van der Waals surface area contributed by atoms with Crippen molar-refractivity contribution < 1.29 is 4.79 Å². The Morgan fingerprint density at radius 1 is 0.957 bits per heavy atom. The van der Waals surface area contributed by atoms with E-state index in [4.69, 9.17) is 0 Å². The first kappa shape index (κ1) is 15.8. The molecule has 1 aliphatic heterocycles. The maximum atomic E-state index is 13.3. The number of carbonyl (C=O) groups excluding carboxylic acids is 1. The van der Waals surface area contributed by atoms with E-state index in [1.807, 2.05) is 41.3 Å². The van der Waals surface area contributed by atoms with Gasteiger partial charge in [-0.15, -0.1) is 0 Å².